The highest BCUT2D eigenvalue weighted by atomic mass is 32.2. The van der Waals surface area contributed by atoms with Crippen molar-refractivity contribution in [1.82, 2.24) is 9.80 Å². The molecule has 2 aliphatic rings. The van der Waals surface area contributed by atoms with Gasteiger partial charge in [-0.25, -0.2) is 8.42 Å². The minimum atomic E-state index is -2.84. The summed E-state index contributed by atoms with van der Waals surface area (Å²) in [6.07, 6.45) is 0.191. The molecule has 2 atom stereocenters. The highest BCUT2D eigenvalue weighted by molar-refractivity contribution is 7.91. The van der Waals surface area contributed by atoms with Gasteiger partial charge >= 0.3 is 0 Å². The van der Waals surface area contributed by atoms with Gasteiger partial charge in [-0.1, -0.05) is 0 Å². The zero-order chi connectivity index (χ0) is 18.6. The Kier molecular flexibility index (Phi) is 6.39. The maximum atomic E-state index is 11.6. The predicted octanol–water partition coefficient (Wildman–Crippen LogP) is 0.240. The van der Waals surface area contributed by atoms with E-state index in [-0.39, 0.29) is 12.6 Å². The zero-order valence-corrected chi connectivity index (χ0v) is 16.0. The highest BCUT2D eigenvalue weighted by Crippen LogP contribution is 2.20. The monoisotopic (exact) mass is 384 g/mol. The molecule has 1 aromatic carbocycles. The van der Waals surface area contributed by atoms with Crippen molar-refractivity contribution in [1.29, 1.82) is 0 Å². The van der Waals surface area contributed by atoms with Gasteiger partial charge in [0, 0.05) is 38.8 Å². The first-order valence-electron chi connectivity index (χ1n) is 9.07. The zero-order valence-electron chi connectivity index (χ0n) is 15.2. The Labute approximate surface area is 155 Å². The average Bonchev–Trinajstić information content (AvgIpc) is 3.01. The van der Waals surface area contributed by atoms with Gasteiger partial charge in [-0.3, -0.25) is 9.80 Å². The van der Waals surface area contributed by atoms with E-state index in [1.807, 2.05) is 24.3 Å². The molecule has 1 N–H and O–H groups in total. The van der Waals surface area contributed by atoms with Crippen LogP contribution in [0.5, 0.6) is 11.5 Å². The van der Waals surface area contributed by atoms with Gasteiger partial charge in [-0.05, 0) is 30.7 Å². The fourth-order valence-electron chi connectivity index (χ4n) is 3.59. The van der Waals surface area contributed by atoms with E-state index in [0.29, 0.717) is 23.8 Å². The minimum Gasteiger partial charge on any atom is -0.497 e. The lowest BCUT2D eigenvalue weighted by atomic mass is 10.2. The van der Waals surface area contributed by atoms with Gasteiger partial charge in [-0.15, -0.1) is 0 Å². The molecule has 2 saturated heterocycles. The number of piperazine rings is 1. The van der Waals surface area contributed by atoms with E-state index < -0.39 is 15.9 Å². The second-order valence-corrected chi connectivity index (χ2v) is 9.26. The second kappa shape index (κ2) is 8.56. The van der Waals surface area contributed by atoms with Crippen molar-refractivity contribution in [3.05, 3.63) is 24.3 Å². The molecule has 0 amide bonds. The number of rotatable bonds is 7. The van der Waals surface area contributed by atoms with Crippen LogP contribution in [0.1, 0.15) is 6.42 Å². The van der Waals surface area contributed by atoms with Gasteiger partial charge in [-0.2, -0.15) is 0 Å². The summed E-state index contributed by atoms with van der Waals surface area (Å²) >= 11 is 0. The molecule has 2 heterocycles. The molecule has 26 heavy (non-hydrogen) atoms. The molecule has 0 unspecified atom stereocenters. The molecular weight excluding hydrogens is 356 g/mol. The quantitative estimate of drug-likeness (QED) is 0.721. The summed E-state index contributed by atoms with van der Waals surface area (Å²) in [5, 5.41) is 10.2. The van der Waals surface area contributed by atoms with Crippen molar-refractivity contribution in [3.63, 3.8) is 0 Å². The highest BCUT2D eigenvalue weighted by Gasteiger charge is 2.33. The van der Waals surface area contributed by atoms with Crippen molar-refractivity contribution in [2.24, 2.45) is 0 Å². The number of β-amino-alcohol motifs (C(OH)–C–C–N with tert-alkyl or cyclic N) is 1. The van der Waals surface area contributed by atoms with E-state index in [9.17, 15) is 13.5 Å². The van der Waals surface area contributed by atoms with Crippen LogP contribution in [-0.4, -0.2) is 93.4 Å². The molecule has 8 heteroatoms. The van der Waals surface area contributed by atoms with Crippen LogP contribution in [0.2, 0.25) is 0 Å². The molecule has 0 aromatic heterocycles. The Balaban J connectivity index is 1.37. The fraction of sp³-hybridized carbons (Fsp3) is 0.667. The standard InChI is InChI=1S/C18H28N2O5S/c1-24-17-2-4-18(5-3-17)25-13-16(21)12-19-7-9-20(10-8-19)15-6-11-26(22,23)14-15/h2-5,15-16,21H,6-14H2,1H3/t15-,16+/m1/s1. The van der Waals surface area contributed by atoms with Crippen LogP contribution in [0.25, 0.3) is 0 Å². The molecule has 2 aliphatic heterocycles. The maximum Gasteiger partial charge on any atom is 0.151 e. The van der Waals surface area contributed by atoms with Crippen LogP contribution in [0.4, 0.5) is 0 Å². The van der Waals surface area contributed by atoms with Crippen molar-refractivity contribution >= 4 is 9.84 Å². The average molecular weight is 384 g/mol. The van der Waals surface area contributed by atoms with Crippen LogP contribution in [-0.2, 0) is 9.84 Å². The van der Waals surface area contributed by atoms with E-state index in [1.165, 1.54) is 0 Å². The Morgan fingerprint density at radius 2 is 1.81 bits per heavy atom. The Bertz CT molecular complexity index is 671. The lowest BCUT2D eigenvalue weighted by molar-refractivity contribution is 0.0389. The number of sulfone groups is 1. The molecule has 1 aromatic rings. The fourth-order valence-corrected chi connectivity index (χ4v) is 5.35. The van der Waals surface area contributed by atoms with Gasteiger partial charge in [0.1, 0.15) is 24.2 Å². The first-order valence-corrected chi connectivity index (χ1v) is 10.9. The summed E-state index contributed by atoms with van der Waals surface area (Å²) in [6.45, 7) is 4.20. The SMILES string of the molecule is COc1ccc(OC[C@@H](O)CN2CCN([C@@H]3CCS(=O)(=O)C3)CC2)cc1. The molecule has 7 nitrogen and oxygen atoms in total. The van der Waals surface area contributed by atoms with Gasteiger partial charge in [0.25, 0.3) is 0 Å². The number of ether oxygens (including phenoxy) is 2. The van der Waals surface area contributed by atoms with Gasteiger partial charge in [0.2, 0.25) is 0 Å². The molecular formula is C18H28N2O5S. The molecule has 0 bridgehead atoms. The molecule has 2 fully saturated rings. The van der Waals surface area contributed by atoms with E-state index >= 15 is 0 Å². The molecule has 0 spiro atoms. The van der Waals surface area contributed by atoms with E-state index in [1.54, 1.807) is 7.11 Å². The van der Waals surface area contributed by atoms with Gasteiger partial charge in [0.05, 0.1) is 18.6 Å². The Hall–Kier alpha value is -1.35. The summed E-state index contributed by atoms with van der Waals surface area (Å²) in [5.41, 5.74) is 0. The van der Waals surface area contributed by atoms with Crippen molar-refractivity contribution in [3.8, 4) is 11.5 Å². The van der Waals surface area contributed by atoms with E-state index in [2.05, 4.69) is 9.80 Å². The third-order valence-corrected chi connectivity index (χ3v) is 6.85. The van der Waals surface area contributed by atoms with Crippen LogP contribution in [0, 0.1) is 0 Å². The Morgan fingerprint density at radius 1 is 1.15 bits per heavy atom. The number of hydrogen-bond donors (Lipinski definition) is 1. The predicted molar refractivity (Wildman–Crippen MR) is 99.6 cm³/mol. The summed E-state index contributed by atoms with van der Waals surface area (Å²) < 4.78 is 34.0. The number of nitrogens with zero attached hydrogens (tertiary/aromatic N) is 2. The number of methoxy groups -OCH3 is 1. The van der Waals surface area contributed by atoms with Crippen LogP contribution in [0.3, 0.4) is 0 Å². The van der Waals surface area contributed by atoms with Crippen molar-refractivity contribution in [2.75, 3.05) is 57.9 Å². The normalized spacial score (nSPS) is 25.1. The minimum absolute atomic E-state index is 0.172. The molecule has 0 aliphatic carbocycles. The third kappa shape index (κ3) is 5.33. The molecule has 0 saturated carbocycles. The topological polar surface area (TPSA) is 79.3 Å². The molecule has 146 valence electrons. The third-order valence-electron chi connectivity index (χ3n) is 5.10. The molecule has 3 rings (SSSR count). The smallest absolute Gasteiger partial charge is 0.151 e. The Morgan fingerprint density at radius 3 is 2.38 bits per heavy atom. The second-order valence-electron chi connectivity index (χ2n) is 7.03. The van der Waals surface area contributed by atoms with E-state index in [4.69, 9.17) is 9.47 Å². The number of benzene rings is 1. The number of hydrogen-bond acceptors (Lipinski definition) is 7. The summed E-state index contributed by atoms with van der Waals surface area (Å²) in [4.78, 5) is 4.49. The lowest BCUT2D eigenvalue weighted by Crippen LogP contribution is -2.52. The van der Waals surface area contributed by atoms with Crippen LogP contribution in [0.15, 0.2) is 24.3 Å². The summed E-state index contributed by atoms with van der Waals surface area (Å²) in [6, 6.07) is 7.46. The first-order chi connectivity index (χ1) is 12.4. The largest absolute Gasteiger partial charge is 0.497 e. The van der Waals surface area contributed by atoms with Gasteiger partial charge in [0.15, 0.2) is 9.84 Å². The number of aliphatic hydroxyl groups is 1. The number of aliphatic hydroxyl groups excluding tert-OH is 1. The lowest BCUT2D eigenvalue weighted by Gasteiger charge is -2.38. The summed E-state index contributed by atoms with van der Waals surface area (Å²) in [7, 11) is -1.22. The first kappa shape index (κ1) is 19.4. The summed E-state index contributed by atoms with van der Waals surface area (Å²) in [5.74, 6) is 2.09. The van der Waals surface area contributed by atoms with Crippen LogP contribution < -0.4 is 9.47 Å². The van der Waals surface area contributed by atoms with Crippen molar-refractivity contribution in [2.45, 2.75) is 18.6 Å². The van der Waals surface area contributed by atoms with Gasteiger partial charge < -0.3 is 14.6 Å². The molecule has 0 radical (unpaired) electrons. The van der Waals surface area contributed by atoms with Crippen molar-refractivity contribution < 1.29 is 23.0 Å². The van der Waals surface area contributed by atoms with Crippen LogP contribution >= 0.6 is 0 Å². The maximum absolute atomic E-state index is 11.6. The van der Waals surface area contributed by atoms with E-state index in [0.717, 1.165) is 38.3 Å².